The van der Waals surface area contributed by atoms with Crippen LogP contribution >= 0.6 is 11.3 Å². The summed E-state index contributed by atoms with van der Waals surface area (Å²) in [7, 11) is 1.97. The minimum Gasteiger partial charge on any atom is -0.457 e. The first-order valence-corrected chi connectivity index (χ1v) is 15.5. The molecule has 0 spiro atoms. The number of thiazole rings is 1. The molecule has 5 aromatic carbocycles. The molecular weight excluding hydrogens is 593 g/mol. The van der Waals surface area contributed by atoms with Gasteiger partial charge in [-0.25, -0.2) is 9.98 Å². The monoisotopic (exact) mass is 620 g/mol. The maximum Gasteiger partial charge on any atom is 0.279 e. The van der Waals surface area contributed by atoms with Crippen LogP contribution in [0.25, 0.3) is 11.3 Å². The smallest absolute Gasteiger partial charge is 0.279 e. The van der Waals surface area contributed by atoms with Crippen LogP contribution in [0.15, 0.2) is 155 Å². The van der Waals surface area contributed by atoms with Crippen LogP contribution in [0.4, 0.5) is 27.2 Å². The number of anilines is 2. The van der Waals surface area contributed by atoms with Gasteiger partial charge in [0, 0.05) is 23.9 Å². The van der Waals surface area contributed by atoms with E-state index in [9.17, 15) is 4.79 Å². The zero-order chi connectivity index (χ0) is 31.3. The molecule has 0 N–H and O–H groups in total. The van der Waals surface area contributed by atoms with Gasteiger partial charge in [0.25, 0.3) is 5.91 Å². The van der Waals surface area contributed by atoms with Gasteiger partial charge in [0.15, 0.2) is 5.00 Å². The van der Waals surface area contributed by atoms with Crippen molar-refractivity contribution in [2.24, 2.45) is 15.2 Å². The predicted molar refractivity (Wildman–Crippen MR) is 185 cm³/mol. The zero-order valence-electron chi connectivity index (χ0n) is 24.9. The highest BCUT2D eigenvalue weighted by molar-refractivity contribution is 7.19. The third kappa shape index (κ3) is 6.17. The molecule has 6 aromatic rings. The second-order valence-corrected chi connectivity index (χ2v) is 11.5. The maximum atomic E-state index is 13.8. The molecule has 0 radical (unpaired) electrons. The summed E-state index contributed by atoms with van der Waals surface area (Å²) in [5, 5.41) is 10.1. The van der Waals surface area contributed by atoms with E-state index in [-0.39, 0.29) is 5.91 Å². The van der Waals surface area contributed by atoms with Crippen LogP contribution in [0.1, 0.15) is 5.56 Å². The molecule has 224 valence electrons. The number of carbonyl (C=O) groups is 1. The number of amides is 1. The quantitative estimate of drug-likeness (QED) is 0.151. The number of aromatic nitrogens is 1. The molecule has 0 saturated carbocycles. The van der Waals surface area contributed by atoms with E-state index >= 15 is 0 Å². The minimum absolute atomic E-state index is 0.179. The molecule has 0 aliphatic carbocycles. The lowest BCUT2D eigenvalue weighted by Gasteiger charge is -2.26. The van der Waals surface area contributed by atoms with Gasteiger partial charge in [0.05, 0.1) is 18.0 Å². The molecular formula is C37H28N6O2S. The molecule has 1 aromatic heterocycles. The molecule has 7 rings (SSSR count). The fourth-order valence-electron chi connectivity index (χ4n) is 5.09. The van der Waals surface area contributed by atoms with Gasteiger partial charge in [0.2, 0.25) is 5.13 Å². The molecule has 2 heterocycles. The normalized spacial score (nSPS) is 13.4. The number of hydrogen-bond acceptors (Lipinski definition) is 8. The third-order valence-corrected chi connectivity index (χ3v) is 8.21. The van der Waals surface area contributed by atoms with E-state index in [0.717, 1.165) is 28.3 Å². The zero-order valence-corrected chi connectivity index (χ0v) is 25.7. The summed E-state index contributed by atoms with van der Waals surface area (Å²) in [5.74, 6) is 1.29. The highest BCUT2D eigenvalue weighted by Crippen LogP contribution is 2.41. The molecule has 0 fully saturated rings. The Morgan fingerprint density at radius 2 is 1.37 bits per heavy atom. The number of aliphatic imine (C=N–C) groups is 1. The van der Waals surface area contributed by atoms with E-state index in [0.29, 0.717) is 39.6 Å². The fourth-order valence-corrected chi connectivity index (χ4v) is 5.88. The summed E-state index contributed by atoms with van der Waals surface area (Å²) >= 11 is 1.29. The number of nitrogens with zero attached hydrogens (tertiary/aromatic N) is 6. The van der Waals surface area contributed by atoms with Crippen molar-refractivity contribution in [3.63, 3.8) is 0 Å². The number of rotatable bonds is 9. The number of para-hydroxylation sites is 3. The number of azo groups is 1. The number of carbonyl (C=O) groups excluding carboxylic acids is 1. The van der Waals surface area contributed by atoms with Crippen LogP contribution in [0.3, 0.4) is 0 Å². The second-order valence-electron chi connectivity index (χ2n) is 10.5. The SMILES string of the molecule is CN(CN1C(=O)/C(=N/c2nc(-c3ccccc3)c(N=Nc3ccc(Oc4ccccc4)cc3)s2)c2ccccc21)c1ccccc1. The lowest BCUT2D eigenvalue weighted by Crippen LogP contribution is -2.39. The summed E-state index contributed by atoms with van der Waals surface area (Å²) in [6.07, 6.45) is 0. The van der Waals surface area contributed by atoms with Crippen molar-refractivity contribution in [2.45, 2.75) is 0 Å². The fraction of sp³-hybridized carbons (Fsp3) is 0.0541. The summed E-state index contributed by atoms with van der Waals surface area (Å²) in [6.45, 7) is 0.376. The molecule has 1 aliphatic heterocycles. The largest absolute Gasteiger partial charge is 0.457 e. The van der Waals surface area contributed by atoms with Gasteiger partial charge in [-0.3, -0.25) is 9.69 Å². The van der Waals surface area contributed by atoms with Crippen LogP contribution < -0.4 is 14.5 Å². The van der Waals surface area contributed by atoms with Crippen LogP contribution in [-0.4, -0.2) is 30.3 Å². The summed E-state index contributed by atoms with van der Waals surface area (Å²) in [4.78, 5) is 27.3. The number of fused-ring (bicyclic) bond motifs is 1. The second kappa shape index (κ2) is 13.0. The Bertz CT molecular complexity index is 2030. The minimum atomic E-state index is -0.179. The highest BCUT2D eigenvalue weighted by atomic mass is 32.1. The first kappa shape index (κ1) is 28.8. The lowest BCUT2D eigenvalue weighted by molar-refractivity contribution is -0.112. The highest BCUT2D eigenvalue weighted by Gasteiger charge is 2.34. The lowest BCUT2D eigenvalue weighted by atomic mass is 10.1. The van der Waals surface area contributed by atoms with Gasteiger partial charge in [-0.2, -0.15) is 0 Å². The van der Waals surface area contributed by atoms with E-state index in [2.05, 4.69) is 10.2 Å². The third-order valence-electron chi connectivity index (χ3n) is 7.37. The average molecular weight is 621 g/mol. The Labute approximate surface area is 270 Å². The first-order valence-electron chi connectivity index (χ1n) is 14.7. The number of benzene rings is 5. The van der Waals surface area contributed by atoms with Crippen molar-refractivity contribution in [1.82, 2.24) is 4.98 Å². The van der Waals surface area contributed by atoms with E-state index in [1.165, 1.54) is 11.3 Å². The average Bonchev–Trinajstić information content (AvgIpc) is 3.63. The van der Waals surface area contributed by atoms with Gasteiger partial charge in [0.1, 0.15) is 22.9 Å². The topological polar surface area (TPSA) is 82.8 Å². The Morgan fingerprint density at radius 1 is 0.739 bits per heavy atom. The number of ether oxygens (including phenoxy) is 1. The molecule has 0 bridgehead atoms. The van der Waals surface area contributed by atoms with E-state index in [1.807, 2.05) is 151 Å². The van der Waals surface area contributed by atoms with Crippen molar-refractivity contribution in [3.8, 4) is 22.8 Å². The van der Waals surface area contributed by atoms with Crippen molar-refractivity contribution >= 4 is 50.2 Å². The Balaban J connectivity index is 1.18. The molecule has 0 saturated heterocycles. The van der Waals surface area contributed by atoms with Gasteiger partial charge in [-0.05, 0) is 54.6 Å². The van der Waals surface area contributed by atoms with Crippen molar-refractivity contribution in [2.75, 3.05) is 23.5 Å². The van der Waals surface area contributed by atoms with Gasteiger partial charge < -0.3 is 9.64 Å². The van der Waals surface area contributed by atoms with Gasteiger partial charge in [-0.1, -0.05) is 96.3 Å². The van der Waals surface area contributed by atoms with E-state index in [1.54, 1.807) is 4.90 Å². The standard InChI is InChI=1S/C37H28N6O2S/c1-42(28-15-7-3-8-16-28)25-43-32-20-12-11-19-31(32)34(36(43)44)39-37-38-33(26-13-5-2-6-14-26)35(46-37)41-40-27-21-23-30(24-22-27)45-29-17-9-4-10-18-29/h2-24H,25H2,1H3/b39-34+,41-40?. The molecule has 1 aliphatic rings. The Morgan fingerprint density at radius 3 is 2.11 bits per heavy atom. The van der Waals surface area contributed by atoms with Crippen molar-refractivity contribution in [1.29, 1.82) is 0 Å². The number of hydrogen-bond donors (Lipinski definition) is 0. The van der Waals surface area contributed by atoms with Gasteiger partial charge >= 0.3 is 0 Å². The molecule has 0 atom stereocenters. The predicted octanol–water partition coefficient (Wildman–Crippen LogP) is 9.58. The maximum absolute atomic E-state index is 13.8. The Kier molecular flexibility index (Phi) is 8.13. The van der Waals surface area contributed by atoms with Crippen LogP contribution in [-0.2, 0) is 4.79 Å². The van der Waals surface area contributed by atoms with Gasteiger partial charge in [-0.15, -0.1) is 10.2 Å². The molecule has 1 amide bonds. The van der Waals surface area contributed by atoms with Crippen LogP contribution in [0, 0.1) is 0 Å². The molecule has 0 unspecified atom stereocenters. The van der Waals surface area contributed by atoms with E-state index in [4.69, 9.17) is 14.7 Å². The van der Waals surface area contributed by atoms with E-state index < -0.39 is 0 Å². The summed E-state index contributed by atoms with van der Waals surface area (Å²) < 4.78 is 5.90. The van der Waals surface area contributed by atoms with Crippen molar-refractivity contribution < 1.29 is 9.53 Å². The van der Waals surface area contributed by atoms with Crippen LogP contribution in [0.2, 0.25) is 0 Å². The summed E-state index contributed by atoms with van der Waals surface area (Å²) in [5.41, 5.74) is 5.15. The Hall–Kier alpha value is -5.93. The molecule has 46 heavy (non-hydrogen) atoms. The first-order chi connectivity index (χ1) is 22.6. The van der Waals surface area contributed by atoms with Crippen LogP contribution in [0.5, 0.6) is 11.5 Å². The molecule has 8 nitrogen and oxygen atoms in total. The molecule has 9 heteroatoms. The van der Waals surface area contributed by atoms with Crippen molar-refractivity contribution in [3.05, 3.63) is 145 Å². The summed E-state index contributed by atoms with van der Waals surface area (Å²) in [6, 6.07) is 44.5.